The second-order valence-corrected chi connectivity index (χ2v) is 14.0. The maximum Gasteiger partial charge on any atom is 0.260 e. The highest BCUT2D eigenvalue weighted by molar-refractivity contribution is 6.22. The normalized spacial score (nSPS) is 26.4. The van der Waals surface area contributed by atoms with Gasteiger partial charge in [0.25, 0.3) is 11.8 Å². The molecule has 0 spiro atoms. The van der Waals surface area contributed by atoms with Crippen molar-refractivity contribution in [3.05, 3.63) is 144 Å². The number of hydrogen-bond donors (Lipinski definition) is 2. The molecular formula is C43H39N3O6. The predicted octanol–water partition coefficient (Wildman–Crippen LogP) is 6.20. The van der Waals surface area contributed by atoms with Gasteiger partial charge < -0.3 is 9.84 Å². The summed E-state index contributed by atoms with van der Waals surface area (Å²) >= 11 is 0. The maximum atomic E-state index is 15.3. The van der Waals surface area contributed by atoms with Crippen molar-refractivity contribution in [1.82, 2.24) is 5.01 Å². The smallest absolute Gasteiger partial charge is 0.260 e. The van der Waals surface area contributed by atoms with Gasteiger partial charge in [-0.05, 0) is 78.8 Å². The van der Waals surface area contributed by atoms with Crippen LogP contribution in [0.4, 0.5) is 11.4 Å². The van der Waals surface area contributed by atoms with E-state index in [4.69, 9.17) is 4.74 Å². The van der Waals surface area contributed by atoms with Crippen LogP contribution in [-0.2, 0) is 24.6 Å². The number of hydrazine groups is 1. The van der Waals surface area contributed by atoms with Gasteiger partial charge in [-0.15, -0.1) is 0 Å². The van der Waals surface area contributed by atoms with E-state index in [1.54, 1.807) is 30.3 Å². The number of nitrogens with one attached hydrogen (secondary N) is 1. The molecule has 4 amide bonds. The summed E-state index contributed by atoms with van der Waals surface area (Å²) in [7, 11) is 0. The number of imide groups is 2. The van der Waals surface area contributed by atoms with Crippen LogP contribution in [0.5, 0.6) is 5.75 Å². The third kappa shape index (κ3) is 5.10. The van der Waals surface area contributed by atoms with Crippen molar-refractivity contribution in [2.24, 2.45) is 23.7 Å². The molecule has 2 heterocycles. The second kappa shape index (κ2) is 13.1. The summed E-state index contributed by atoms with van der Waals surface area (Å²) < 4.78 is 5.68. The maximum absolute atomic E-state index is 15.3. The first-order chi connectivity index (χ1) is 25.3. The van der Waals surface area contributed by atoms with Crippen LogP contribution in [-0.4, -0.2) is 47.0 Å². The second-order valence-electron chi connectivity index (χ2n) is 14.0. The van der Waals surface area contributed by atoms with E-state index in [2.05, 4.69) is 18.1 Å². The van der Waals surface area contributed by atoms with Crippen LogP contribution in [0.1, 0.15) is 41.0 Å². The molecule has 2 aliphatic carbocycles. The van der Waals surface area contributed by atoms with Crippen molar-refractivity contribution in [2.45, 2.75) is 31.1 Å². The van der Waals surface area contributed by atoms with Crippen molar-refractivity contribution >= 4 is 41.1 Å². The molecule has 6 atom stereocenters. The van der Waals surface area contributed by atoms with Gasteiger partial charge >= 0.3 is 0 Å². The van der Waals surface area contributed by atoms with Gasteiger partial charge in [0.2, 0.25) is 11.8 Å². The number of aliphatic hydroxyl groups is 1. The van der Waals surface area contributed by atoms with Gasteiger partial charge in [0, 0.05) is 5.92 Å². The van der Waals surface area contributed by atoms with Crippen LogP contribution in [0, 0.1) is 30.6 Å². The zero-order valence-corrected chi connectivity index (χ0v) is 28.8. The number of rotatable bonds is 9. The minimum Gasteiger partial charge on any atom is -0.491 e. The molecular weight excluding hydrogens is 654 g/mol. The number of anilines is 2. The number of allylic oxidation sites excluding steroid dienone is 2. The lowest BCUT2D eigenvalue weighted by atomic mass is 9.49. The van der Waals surface area contributed by atoms with Gasteiger partial charge in [-0.1, -0.05) is 96.6 Å². The van der Waals surface area contributed by atoms with Gasteiger partial charge in [-0.25, -0.2) is 0 Å². The number of ether oxygens (including phenoxy) is 1. The molecule has 52 heavy (non-hydrogen) atoms. The lowest BCUT2D eigenvalue weighted by Gasteiger charge is -2.50. The van der Waals surface area contributed by atoms with Crippen LogP contribution < -0.4 is 15.1 Å². The summed E-state index contributed by atoms with van der Waals surface area (Å²) in [6.45, 7) is 5.77. The van der Waals surface area contributed by atoms with Gasteiger partial charge in [0.05, 0.1) is 41.2 Å². The Labute approximate surface area is 302 Å². The van der Waals surface area contributed by atoms with E-state index in [9.17, 15) is 19.5 Å². The van der Waals surface area contributed by atoms with E-state index in [1.807, 2.05) is 85.8 Å². The number of fused-ring (bicyclic) bond motifs is 4. The fourth-order valence-electron chi connectivity index (χ4n) is 9.06. The van der Waals surface area contributed by atoms with E-state index in [-0.39, 0.29) is 43.3 Å². The Bertz CT molecular complexity index is 2090. The average molecular weight is 694 g/mol. The van der Waals surface area contributed by atoms with Crippen LogP contribution >= 0.6 is 0 Å². The molecule has 4 aliphatic rings. The summed E-state index contributed by atoms with van der Waals surface area (Å²) in [5, 5.41) is 10.5. The number of aliphatic hydroxyl groups excluding tert-OH is 1. The SMILES string of the molecule is C=Cc1ccc(N2C(=O)[C@H]3[C@H](CC=C4[C@H]3C[C@H]3C(=O)N(Nc5ccc(C)cc5)C(=O)[C@@]3(c3ccccc3)[C@H]4c3ccc(OCCO)cc3)C2=O)cc1. The molecule has 2 saturated heterocycles. The van der Waals surface area contributed by atoms with Crippen molar-refractivity contribution in [2.75, 3.05) is 23.5 Å². The molecule has 4 aromatic carbocycles. The van der Waals surface area contributed by atoms with Crippen LogP contribution in [0.15, 0.2) is 121 Å². The molecule has 4 aromatic rings. The van der Waals surface area contributed by atoms with E-state index in [1.165, 1.54) is 9.91 Å². The first kappa shape index (κ1) is 33.3. The third-order valence-corrected chi connectivity index (χ3v) is 11.4. The largest absolute Gasteiger partial charge is 0.491 e. The molecule has 262 valence electrons. The first-order valence-electron chi connectivity index (χ1n) is 17.7. The number of hydrogen-bond acceptors (Lipinski definition) is 7. The molecule has 2 N–H and O–H groups in total. The van der Waals surface area contributed by atoms with Crippen molar-refractivity contribution in [3.63, 3.8) is 0 Å². The number of carbonyl (C=O) groups excluding carboxylic acids is 4. The number of amides is 4. The summed E-state index contributed by atoms with van der Waals surface area (Å²) in [6.07, 6.45) is 4.31. The summed E-state index contributed by atoms with van der Waals surface area (Å²) in [6, 6.07) is 31.5. The van der Waals surface area contributed by atoms with E-state index < -0.39 is 35.0 Å². The number of aryl methyl sites for hydroxylation is 1. The topological polar surface area (TPSA) is 116 Å². The highest BCUT2D eigenvalue weighted by atomic mass is 16.5. The van der Waals surface area contributed by atoms with Gasteiger partial charge in [-0.3, -0.25) is 29.5 Å². The molecule has 8 rings (SSSR count). The van der Waals surface area contributed by atoms with Crippen molar-refractivity contribution < 1.29 is 29.0 Å². The Kier molecular flexibility index (Phi) is 8.38. The zero-order valence-electron chi connectivity index (χ0n) is 28.8. The standard InChI is InChI=1S/C43H39N3O6/c1-3-27-11-17-31(18-12-27)45-39(48)34-22-21-33-35(37(34)41(45)50)25-36-40(49)46(44-30-15-9-26(2)10-16-30)42(51)43(36,29-7-5-4-6-8-29)38(33)28-13-19-32(20-14-28)52-24-23-47/h3-21,34-38,44,47H,1,22-25H2,2H3/t34-,35+,36-,37-,38-,43+/m0/s1. The van der Waals surface area contributed by atoms with Crippen LogP contribution in [0.2, 0.25) is 0 Å². The van der Waals surface area contributed by atoms with Crippen molar-refractivity contribution in [1.29, 1.82) is 0 Å². The molecule has 2 aliphatic heterocycles. The van der Waals surface area contributed by atoms with Crippen LogP contribution in [0.25, 0.3) is 6.08 Å². The lowest BCUT2D eigenvalue weighted by Crippen LogP contribution is -2.53. The molecule has 0 aromatic heterocycles. The molecule has 1 saturated carbocycles. The Morgan fingerprint density at radius 2 is 1.58 bits per heavy atom. The summed E-state index contributed by atoms with van der Waals surface area (Å²) in [5.41, 5.74) is 7.17. The van der Waals surface area contributed by atoms with Gasteiger partial charge in [-0.2, -0.15) is 5.01 Å². The Hall–Kier alpha value is -5.80. The average Bonchev–Trinajstić information content (AvgIpc) is 3.56. The van der Waals surface area contributed by atoms with Gasteiger partial charge in [0.1, 0.15) is 12.4 Å². The van der Waals surface area contributed by atoms with E-state index >= 15 is 4.79 Å². The Balaban J connectivity index is 1.28. The Morgan fingerprint density at radius 3 is 2.25 bits per heavy atom. The zero-order chi connectivity index (χ0) is 36.1. The molecule has 9 heteroatoms. The van der Waals surface area contributed by atoms with E-state index in [0.717, 1.165) is 22.3 Å². The minimum absolute atomic E-state index is 0.130. The number of benzene rings is 4. The van der Waals surface area contributed by atoms with E-state index in [0.29, 0.717) is 29.1 Å². The molecule has 9 nitrogen and oxygen atoms in total. The fraction of sp³-hybridized carbons (Fsp3) is 0.256. The molecule has 3 fully saturated rings. The lowest BCUT2D eigenvalue weighted by molar-refractivity contribution is -0.138. The number of carbonyl (C=O) groups is 4. The highest BCUT2D eigenvalue weighted by Crippen LogP contribution is 2.64. The molecule has 0 radical (unpaired) electrons. The summed E-state index contributed by atoms with van der Waals surface area (Å²) in [5.74, 6) is -3.99. The van der Waals surface area contributed by atoms with Gasteiger partial charge in [0.15, 0.2) is 0 Å². The summed E-state index contributed by atoms with van der Waals surface area (Å²) in [4.78, 5) is 59.9. The number of nitrogens with zero attached hydrogens (tertiary/aromatic N) is 2. The third-order valence-electron chi connectivity index (χ3n) is 11.4. The minimum atomic E-state index is -1.36. The highest BCUT2D eigenvalue weighted by Gasteiger charge is 2.70. The first-order valence-corrected chi connectivity index (χ1v) is 17.7. The van der Waals surface area contributed by atoms with Crippen LogP contribution in [0.3, 0.4) is 0 Å². The molecule has 0 bridgehead atoms. The Morgan fingerprint density at radius 1 is 0.865 bits per heavy atom. The fourth-order valence-corrected chi connectivity index (χ4v) is 9.06. The van der Waals surface area contributed by atoms with Crippen molar-refractivity contribution in [3.8, 4) is 5.75 Å². The predicted molar refractivity (Wildman–Crippen MR) is 197 cm³/mol. The molecule has 0 unspecified atom stereocenters. The quantitative estimate of drug-likeness (QED) is 0.159. The monoisotopic (exact) mass is 693 g/mol.